The average molecular weight is 170 g/mol. The molecule has 0 unspecified atom stereocenters. The van der Waals surface area contributed by atoms with Crippen molar-refractivity contribution in [2.24, 2.45) is 12.0 Å². The van der Waals surface area contributed by atoms with Gasteiger partial charge in [0.25, 0.3) is 0 Å². The van der Waals surface area contributed by atoms with Crippen LogP contribution in [0.3, 0.4) is 0 Å². The number of thiazole rings is 1. The topological polar surface area (TPSA) is 17.3 Å². The maximum atomic E-state index is 4.53. The van der Waals surface area contributed by atoms with Gasteiger partial charge in [-0.05, 0) is 20.8 Å². The van der Waals surface area contributed by atoms with Gasteiger partial charge < -0.3 is 4.57 Å². The molecule has 2 nitrogen and oxygen atoms in total. The van der Waals surface area contributed by atoms with Crippen molar-refractivity contribution in [3.8, 4) is 0 Å². The number of aromatic nitrogens is 1. The van der Waals surface area contributed by atoms with Crippen LogP contribution in [0.2, 0.25) is 0 Å². The van der Waals surface area contributed by atoms with Crippen LogP contribution >= 0.6 is 11.3 Å². The van der Waals surface area contributed by atoms with Crippen LogP contribution in [0.1, 0.15) is 20.8 Å². The summed E-state index contributed by atoms with van der Waals surface area (Å²) in [4.78, 5) is 5.61. The van der Waals surface area contributed by atoms with Crippen LogP contribution in [0.15, 0.2) is 16.6 Å². The standard InChI is InChI=1S/C8H14N2S/c1-8(2,3)9-7-10(4)5-6-11-7/h5-6H,1-4H3. The third kappa shape index (κ3) is 2.50. The van der Waals surface area contributed by atoms with E-state index in [1.807, 2.05) is 23.2 Å². The summed E-state index contributed by atoms with van der Waals surface area (Å²) in [7, 11) is 2.01. The minimum Gasteiger partial charge on any atom is -0.327 e. The molecule has 0 aliphatic carbocycles. The molecule has 0 spiro atoms. The van der Waals surface area contributed by atoms with Gasteiger partial charge in [0.1, 0.15) is 0 Å². The molecule has 1 heterocycles. The number of aryl methyl sites for hydroxylation is 1. The molecule has 3 heteroatoms. The van der Waals surface area contributed by atoms with E-state index in [4.69, 9.17) is 0 Å². The zero-order valence-electron chi connectivity index (χ0n) is 7.46. The molecule has 0 aliphatic heterocycles. The Hall–Kier alpha value is -0.570. The van der Waals surface area contributed by atoms with Gasteiger partial charge in [-0.3, -0.25) is 4.99 Å². The molecule has 0 radical (unpaired) electrons. The smallest absolute Gasteiger partial charge is 0.184 e. The Bertz CT molecular complexity index is 288. The second kappa shape index (κ2) is 2.81. The summed E-state index contributed by atoms with van der Waals surface area (Å²) in [6.45, 7) is 6.31. The van der Waals surface area contributed by atoms with Crippen LogP contribution in [0, 0.1) is 0 Å². The predicted octanol–water partition coefficient (Wildman–Crippen LogP) is 1.79. The zero-order valence-corrected chi connectivity index (χ0v) is 8.27. The van der Waals surface area contributed by atoms with Crippen LogP contribution in [0.5, 0.6) is 0 Å². The maximum Gasteiger partial charge on any atom is 0.184 e. The molecule has 0 saturated carbocycles. The first-order valence-electron chi connectivity index (χ1n) is 3.65. The third-order valence-corrected chi connectivity index (χ3v) is 2.04. The summed E-state index contributed by atoms with van der Waals surface area (Å²) in [6.07, 6.45) is 2.02. The van der Waals surface area contributed by atoms with Crippen molar-refractivity contribution in [1.82, 2.24) is 4.57 Å². The van der Waals surface area contributed by atoms with Gasteiger partial charge in [0.15, 0.2) is 4.80 Å². The molecule has 1 aromatic heterocycles. The van der Waals surface area contributed by atoms with E-state index in [1.54, 1.807) is 11.3 Å². The fourth-order valence-corrected chi connectivity index (χ4v) is 1.64. The van der Waals surface area contributed by atoms with Gasteiger partial charge in [0.05, 0.1) is 5.54 Å². The van der Waals surface area contributed by atoms with Crippen LogP contribution < -0.4 is 4.80 Å². The molecule has 0 N–H and O–H groups in total. The summed E-state index contributed by atoms with van der Waals surface area (Å²) in [6, 6.07) is 0. The maximum absolute atomic E-state index is 4.53. The highest BCUT2D eigenvalue weighted by Crippen LogP contribution is 2.04. The molecule has 1 rings (SSSR count). The molecule has 0 atom stereocenters. The second-order valence-electron chi connectivity index (χ2n) is 3.58. The van der Waals surface area contributed by atoms with Crippen molar-refractivity contribution >= 4 is 11.3 Å². The van der Waals surface area contributed by atoms with E-state index in [0.717, 1.165) is 4.80 Å². The second-order valence-corrected chi connectivity index (χ2v) is 4.45. The van der Waals surface area contributed by atoms with Crippen LogP contribution in [-0.4, -0.2) is 10.1 Å². The van der Waals surface area contributed by atoms with Crippen LogP contribution in [-0.2, 0) is 7.05 Å². The normalized spacial score (nSPS) is 14.0. The lowest BCUT2D eigenvalue weighted by Gasteiger charge is -2.09. The minimum absolute atomic E-state index is 0.0304. The van der Waals surface area contributed by atoms with E-state index in [9.17, 15) is 0 Å². The molecule has 0 amide bonds. The number of nitrogens with zero attached hydrogens (tertiary/aromatic N) is 2. The lowest BCUT2D eigenvalue weighted by molar-refractivity contribution is 0.558. The van der Waals surface area contributed by atoms with Gasteiger partial charge in [0, 0.05) is 18.6 Å². The molecule has 1 aromatic rings. The lowest BCUT2D eigenvalue weighted by Crippen LogP contribution is -2.19. The molecule has 0 fully saturated rings. The van der Waals surface area contributed by atoms with Crippen LogP contribution in [0.25, 0.3) is 0 Å². The highest BCUT2D eigenvalue weighted by atomic mass is 32.1. The Morgan fingerprint density at radius 3 is 2.45 bits per heavy atom. The molecular weight excluding hydrogens is 156 g/mol. The summed E-state index contributed by atoms with van der Waals surface area (Å²) < 4.78 is 2.04. The molecular formula is C8H14N2S. The summed E-state index contributed by atoms with van der Waals surface area (Å²) in [5.74, 6) is 0. The molecule has 0 aromatic carbocycles. The Balaban J connectivity index is 3.10. The van der Waals surface area contributed by atoms with E-state index in [1.165, 1.54) is 0 Å². The quantitative estimate of drug-likeness (QED) is 0.565. The van der Waals surface area contributed by atoms with E-state index < -0.39 is 0 Å². The molecule has 0 aliphatic rings. The van der Waals surface area contributed by atoms with E-state index in [0.29, 0.717) is 0 Å². The molecule has 62 valence electrons. The number of hydrogen-bond donors (Lipinski definition) is 0. The first-order chi connectivity index (χ1) is 4.99. The Kier molecular flexibility index (Phi) is 2.18. The Morgan fingerprint density at radius 2 is 2.09 bits per heavy atom. The van der Waals surface area contributed by atoms with Crippen molar-refractivity contribution in [1.29, 1.82) is 0 Å². The van der Waals surface area contributed by atoms with Gasteiger partial charge in [-0.1, -0.05) is 0 Å². The first kappa shape index (κ1) is 8.53. The number of hydrogen-bond acceptors (Lipinski definition) is 2. The molecule has 0 bridgehead atoms. The first-order valence-corrected chi connectivity index (χ1v) is 4.53. The Labute approximate surface area is 71.2 Å². The van der Waals surface area contributed by atoms with Crippen molar-refractivity contribution in [3.63, 3.8) is 0 Å². The number of rotatable bonds is 0. The minimum atomic E-state index is 0.0304. The summed E-state index contributed by atoms with van der Waals surface area (Å²) in [5, 5.41) is 2.05. The predicted molar refractivity (Wildman–Crippen MR) is 48.6 cm³/mol. The van der Waals surface area contributed by atoms with E-state index >= 15 is 0 Å². The molecule has 0 saturated heterocycles. The van der Waals surface area contributed by atoms with Gasteiger partial charge in [-0.2, -0.15) is 0 Å². The van der Waals surface area contributed by atoms with Gasteiger partial charge >= 0.3 is 0 Å². The van der Waals surface area contributed by atoms with E-state index in [-0.39, 0.29) is 5.54 Å². The van der Waals surface area contributed by atoms with Crippen LogP contribution in [0.4, 0.5) is 0 Å². The van der Waals surface area contributed by atoms with Crippen molar-refractivity contribution < 1.29 is 0 Å². The Morgan fingerprint density at radius 1 is 1.45 bits per heavy atom. The average Bonchev–Trinajstić information content (AvgIpc) is 2.12. The summed E-state index contributed by atoms with van der Waals surface area (Å²) >= 11 is 1.67. The van der Waals surface area contributed by atoms with Crippen molar-refractivity contribution in [2.45, 2.75) is 26.3 Å². The SMILES string of the molecule is Cn1ccsc1=NC(C)(C)C. The van der Waals surface area contributed by atoms with Gasteiger partial charge in [-0.25, -0.2) is 0 Å². The molecule has 11 heavy (non-hydrogen) atoms. The fraction of sp³-hybridized carbons (Fsp3) is 0.625. The van der Waals surface area contributed by atoms with Gasteiger partial charge in [0.2, 0.25) is 0 Å². The third-order valence-electron chi connectivity index (χ3n) is 1.19. The fourth-order valence-electron chi connectivity index (χ4n) is 0.722. The zero-order chi connectivity index (χ0) is 8.48. The van der Waals surface area contributed by atoms with Gasteiger partial charge in [-0.15, -0.1) is 11.3 Å². The van der Waals surface area contributed by atoms with Crippen molar-refractivity contribution in [2.75, 3.05) is 0 Å². The van der Waals surface area contributed by atoms with Crippen molar-refractivity contribution in [3.05, 3.63) is 16.4 Å². The highest BCUT2D eigenvalue weighted by Gasteiger charge is 2.06. The van der Waals surface area contributed by atoms with E-state index in [2.05, 4.69) is 25.8 Å². The summed E-state index contributed by atoms with van der Waals surface area (Å²) in [5.41, 5.74) is 0.0304. The monoisotopic (exact) mass is 170 g/mol. The largest absolute Gasteiger partial charge is 0.327 e. The highest BCUT2D eigenvalue weighted by molar-refractivity contribution is 7.07. The lowest BCUT2D eigenvalue weighted by atomic mass is 10.1.